The number of aromatic carboxylic acids is 1. The number of benzene rings is 2. The third-order valence-electron chi connectivity index (χ3n) is 3.75. The minimum Gasteiger partial charge on any atom is -0.478 e. The third kappa shape index (κ3) is 2.35. The molecule has 0 saturated carbocycles. The fourth-order valence-corrected chi connectivity index (χ4v) is 3.04. The smallest absolute Gasteiger partial charge is 0.336 e. The van der Waals surface area contributed by atoms with Gasteiger partial charge in [0, 0.05) is 15.2 Å². The van der Waals surface area contributed by atoms with Crippen molar-refractivity contribution in [1.29, 1.82) is 0 Å². The average Bonchev–Trinajstić information content (AvgIpc) is 2.97. The van der Waals surface area contributed by atoms with E-state index >= 15 is 0 Å². The fourth-order valence-electron chi connectivity index (χ4n) is 2.66. The molecular weight excluding hydrogens is 377 g/mol. The van der Waals surface area contributed by atoms with Crippen molar-refractivity contribution in [3.05, 3.63) is 64.4 Å². The Kier molecular flexibility index (Phi) is 3.35. The first-order chi connectivity index (χ1) is 11.5. The zero-order chi connectivity index (χ0) is 16.8. The van der Waals surface area contributed by atoms with Gasteiger partial charge in [0.05, 0.1) is 5.56 Å². The van der Waals surface area contributed by atoms with Gasteiger partial charge in [-0.1, -0.05) is 28.1 Å². The molecule has 2 heterocycles. The highest BCUT2D eigenvalue weighted by Crippen LogP contribution is 2.31. The van der Waals surface area contributed by atoms with Gasteiger partial charge in [-0.25, -0.2) is 14.2 Å². The van der Waals surface area contributed by atoms with E-state index in [9.17, 15) is 14.3 Å². The predicted molar refractivity (Wildman–Crippen MR) is 91.6 cm³/mol. The normalized spacial score (nSPS) is 11.2. The summed E-state index contributed by atoms with van der Waals surface area (Å²) in [5.41, 5.74) is 0.906. The van der Waals surface area contributed by atoms with Gasteiger partial charge in [0.15, 0.2) is 5.76 Å². The van der Waals surface area contributed by atoms with Gasteiger partial charge < -0.3 is 9.52 Å². The van der Waals surface area contributed by atoms with Crippen molar-refractivity contribution < 1.29 is 18.7 Å². The highest BCUT2D eigenvalue weighted by molar-refractivity contribution is 9.10. The van der Waals surface area contributed by atoms with E-state index in [1.165, 1.54) is 24.3 Å². The molecule has 0 atom stereocenters. The summed E-state index contributed by atoms with van der Waals surface area (Å²) in [5, 5.41) is 10.5. The standard InChI is InChI=1S/C18H9BrFNO3/c19-10-4-5-15-9(6-10)7-16(24-15)14-8-12(18(22)23)11-2-1-3-13(20)17(11)21-14/h1-8H,(H,22,23). The second-order valence-electron chi connectivity index (χ2n) is 5.29. The Morgan fingerprint density at radius 2 is 2.00 bits per heavy atom. The number of para-hydroxylation sites is 1. The summed E-state index contributed by atoms with van der Waals surface area (Å²) >= 11 is 3.39. The Balaban J connectivity index is 2.01. The molecule has 0 radical (unpaired) electrons. The Bertz CT molecular complexity index is 1120. The Morgan fingerprint density at radius 3 is 2.79 bits per heavy atom. The Labute approximate surface area is 143 Å². The van der Waals surface area contributed by atoms with Crippen molar-refractivity contribution in [3.8, 4) is 11.5 Å². The molecule has 0 unspecified atom stereocenters. The van der Waals surface area contributed by atoms with Crippen LogP contribution in [0.15, 0.2) is 57.4 Å². The van der Waals surface area contributed by atoms with Crippen LogP contribution in [-0.2, 0) is 0 Å². The molecule has 4 nitrogen and oxygen atoms in total. The molecule has 24 heavy (non-hydrogen) atoms. The van der Waals surface area contributed by atoms with Crippen LogP contribution in [0.5, 0.6) is 0 Å². The summed E-state index contributed by atoms with van der Waals surface area (Å²) < 4.78 is 20.7. The van der Waals surface area contributed by atoms with Crippen LogP contribution in [0.4, 0.5) is 4.39 Å². The first-order valence-electron chi connectivity index (χ1n) is 7.05. The predicted octanol–water partition coefficient (Wildman–Crippen LogP) is 5.25. The Morgan fingerprint density at radius 1 is 1.17 bits per heavy atom. The van der Waals surface area contributed by atoms with E-state index in [1.54, 1.807) is 12.1 Å². The monoisotopic (exact) mass is 385 g/mol. The van der Waals surface area contributed by atoms with Crippen molar-refractivity contribution in [2.75, 3.05) is 0 Å². The van der Waals surface area contributed by atoms with Crippen LogP contribution in [0, 0.1) is 5.82 Å². The maximum absolute atomic E-state index is 14.1. The maximum Gasteiger partial charge on any atom is 0.336 e. The average molecular weight is 386 g/mol. The molecule has 0 aliphatic rings. The molecule has 4 rings (SSSR count). The van der Waals surface area contributed by atoms with Crippen molar-refractivity contribution in [2.45, 2.75) is 0 Å². The van der Waals surface area contributed by atoms with Gasteiger partial charge >= 0.3 is 5.97 Å². The second kappa shape index (κ2) is 5.42. The van der Waals surface area contributed by atoms with Gasteiger partial charge in [-0.2, -0.15) is 0 Å². The molecule has 4 aromatic rings. The van der Waals surface area contributed by atoms with Crippen molar-refractivity contribution in [3.63, 3.8) is 0 Å². The molecule has 0 aliphatic heterocycles. The van der Waals surface area contributed by atoms with E-state index in [1.807, 2.05) is 12.1 Å². The molecule has 118 valence electrons. The lowest BCUT2D eigenvalue weighted by atomic mass is 10.1. The number of hydrogen-bond donors (Lipinski definition) is 1. The number of aromatic nitrogens is 1. The summed E-state index contributed by atoms with van der Waals surface area (Å²) in [7, 11) is 0. The summed E-state index contributed by atoms with van der Waals surface area (Å²) in [5.74, 6) is -1.33. The molecular formula is C18H9BrFNO3. The van der Waals surface area contributed by atoms with Crippen LogP contribution >= 0.6 is 15.9 Å². The van der Waals surface area contributed by atoms with Crippen molar-refractivity contribution >= 4 is 43.8 Å². The maximum atomic E-state index is 14.1. The van der Waals surface area contributed by atoms with Crippen molar-refractivity contribution in [1.82, 2.24) is 4.98 Å². The lowest BCUT2D eigenvalue weighted by Crippen LogP contribution is -2.01. The van der Waals surface area contributed by atoms with Gasteiger partial charge in [0.2, 0.25) is 0 Å². The minimum atomic E-state index is -1.15. The van der Waals surface area contributed by atoms with Gasteiger partial charge in [0.1, 0.15) is 22.6 Å². The van der Waals surface area contributed by atoms with E-state index < -0.39 is 11.8 Å². The number of carbonyl (C=O) groups is 1. The van der Waals surface area contributed by atoms with E-state index in [0.29, 0.717) is 11.3 Å². The number of fused-ring (bicyclic) bond motifs is 2. The molecule has 0 fully saturated rings. The number of rotatable bonds is 2. The highest BCUT2D eigenvalue weighted by Gasteiger charge is 2.17. The molecule has 0 saturated heterocycles. The van der Waals surface area contributed by atoms with Crippen LogP contribution in [0.2, 0.25) is 0 Å². The lowest BCUT2D eigenvalue weighted by Gasteiger charge is -2.05. The third-order valence-corrected chi connectivity index (χ3v) is 4.24. The van der Waals surface area contributed by atoms with Gasteiger partial charge in [-0.3, -0.25) is 0 Å². The number of hydrogen-bond acceptors (Lipinski definition) is 3. The first-order valence-corrected chi connectivity index (χ1v) is 7.84. The molecule has 2 aromatic heterocycles. The minimum absolute atomic E-state index is 0.00837. The first kappa shape index (κ1) is 14.8. The van der Waals surface area contributed by atoms with Gasteiger partial charge in [-0.05, 0) is 36.4 Å². The fraction of sp³-hybridized carbons (Fsp3) is 0. The largest absolute Gasteiger partial charge is 0.478 e. The number of pyridine rings is 1. The lowest BCUT2D eigenvalue weighted by molar-refractivity contribution is 0.0699. The second-order valence-corrected chi connectivity index (χ2v) is 6.20. The molecule has 0 spiro atoms. The van der Waals surface area contributed by atoms with E-state index in [-0.39, 0.29) is 22.2 Å². The summed E-state index contributed by atoms with van der Waals surface area (Å²) in [4.78, 5) is 15.8. The van der Waals surface area contributed by atoms with Crippen LogP contribution in [0.1, 0.15) is 10.4 Å². The SMILES string of the molecule is O=C(O)c1cc(-c2cc3cc(Br)ccc3o2)nc2c(F)cccc12. The number of halogens is 2. The Hall–Kier alpha value is -2.73. The molecule has 0 bridgehead atoms. The summed E-state index contributed by atoms with van der Waals surface area (Å²) in [6.45, 7) is 0. The van der Waals surface area contributed by atoms with Crippen molar-refractivity contribution in [2.24, 2.45) is 0 Å². The van der Waals surface area contributed by atoms with E-state index in [0.717, 1.165) is 9.86 Å². The zero-order valence-corrected chi connectivity index (χ0v) is 13.7. The van der Waals surface area contributed by atoms with Crippen LogP contribution in [0.3, 0.4) is 0 Å². The molecule has 2 aromatic carbocycles. The van der Waals surface area contributed by atoms with Crippen LogP contribution < -0.4 is 0 Å². The zero-order valence-electron chi connectivity index (χ0n) is 12.1. The van der Waals surface area contributed by atoms with Gasteiger partial charge in [-0.15, -0.1) is 0 Å². The number of carboxylic acids is 1. The topological polar surface area (TPSA) is 63.3 Å². The molecule has 0 amide bonds. The number of nitrogens with zero attached hydrogens (tertiary/aromatic N) is 1. The summed E-state index contributed by atoms with van der Waals surface area (Å²) in [6, 6.07) is 12.9. The molecule has 1 N–H and O–H groups in total. The van der Waals surface area contributed by atoms with E-state index in [2.05, 4.69) is 20.9 Å². The quantitative estimate of drug-likeness (QED) is 0.511. The number of carboxylic acid groups (broad SMARTS) is 1. The molecule has 0 aliphatic carbocycles. The van der Waals surface area contributed by atoms with Crippen LogP contribution in [-0.4, -0.2) is 16.1 Å². The van der Waals surface area contributed by atoms with E-state index in [4.69, 9.17) is 4.42 Å². The summed E-state index contributed by atoms with van der Waals surface area (Å²) in [6.07, 6.45) is 0. The van der Waals surface area contributed by atoms with Gasteiger partial charge in [0.25, 0.3) is 0 Å². The molecule has 6 heteroatoms. The highest BCUT2D eigenvalue weighted by atomic mass is 79.9. The number of furan rings is 1. The van der Waals surface area contributed by atoms with Crippen LogP contribution in [0.25, 0.3) is 33.3 Å².